The molecule has 0 aliphatic heterocycles. The Hall–Kier alpha value is -1.33. The van der Waals surface area contributed by atoms with Crippen LogP contribution in [-0.4, -0.2) is 31.6 Å². The number of likely N-dealkylation sites (N-methyl/N-ethyl adjacent to an activating group) is 1. The Balaban J connectivity index is 3.28. The Morgan fingerprint density at radius 3 is 2.81 bits per heavy atom. The summed E-state index contributed by atoms with van der Waals surface area (Å²) in [5, 5.41) is 12.0. The van der Waals surface area contributed by atoms with Crippen molar-refractivity contribution in [1.82, 2.24) is 5.32 Å². The van der Waals surface area contributed by atoms with Crippen molar-refractivity contribution in [3.05, 3.63) is 22.5 Å². The molecular weight excluding hydrogens is 237 g/mol. The van der Waals surface area contributed by atoms with Crippen LogP contribution < -0.4 is 10.1 Å². The van der Waals surface area contributed by atoms with Crippen LogP contribution in [0.1, 0.15) is 10.4 Å². The number of phenolic OH excluding ortho intramolecular Hbond substituents is 1. The minimum absolute atomic E-state index is 0.0182. The van der Waals surface area contributed by atoms with Gasteiger partial charge in [-0.3, -0.25) is 4.79 Å². The van der Waals surface area contributed by atoms with Crippen LogP contribution in [0.25, 0.3) is 0 Å². The van der Waals surface area contributed by atoms with Crippen molar-refractivity contribution in [2.45, 2.75) is 0 Å². The minimum Gasteiger partial charge on any atom is -0.504 e. The van der Waals surface area contributed by atoms with E-state index in [-0.39, 0.29) is 22.9 Å². The Morgan fingerprint density at radius 1 is 1.69 bits per heavy atom. The first-order valence-electron chi connectivity index (χ1n) is 4.45. The van der Waals surface area contributed by atoms with E-state index >= 15 is 0 Å². The van der Waals surface area contributed by atoms with E-state index in [9.17, 15) is 14.3 Å². The molecule has 16 heavy (non-hydrogen) atoms. The van der Waals surface area contributed by atoms with E-state index in [1.54, 1.807) is 7.05 Å². The zero-order valence-corrected chi connectivity index (χ0v) is 9.56. The van der Waals surface area contributed by atoms with E-state index in [0.717, 1.165) is 0 Å². The molecule has 0 saturated carbocycles. The smallest absolute Gasteiger partial charge is 0.208 e. The van der Waals surface area contributed by atoms with Crippen molar-refractivity contribution >= 4 is 17.4 Å². The second kappa shape index (κ2) is 5.14. The fourth-order valence-electron chi connectivity index (χ4n) is 1.25. The highest BCUT2D eigenvalue weighted by molar-refractivity contribution is 6.32. The monoisotopic (exact) mass is 247 g/mol. The van der Waals surface area contributed by atoms with Crippen LogP contribution in [0.2, 0.25) is 5.02 Å². The van der Waals surface area contributed by atoms with Gasteiger partial charge in [-0.15, -0.1) is 0 Å². The predicted octanol–water partition coefficient (Wildman–Crippen LogP) is 1.60. The number of rotatable bonds is 4. The van der Waals surface area contributed by atoms with Crippen molar-refractivity contribution in [1.29, 1.82) is 0 Å². The van der Waals surface area contributed by atoms with Crippen LogP contribution in [0.15, 0.2) is 6.07 Å². The third-order valence-corrected chi connectivity index (χ3v) is 2.27. The lowest BCUT2D eigenvalue weighted by Gasteiger charge is -2.09. The predicted molar refractivity (Wildman–Crippen MR) is 57.9 cm³/mol. The van der Waals surface area contributed by atoms with Crippen LogP contribution in [0.5, 0.6) is 11.5 Å². The number of methoxy groups -OCH3 is 1. The number of ketones is 1. The van der Waals surface area contributed by atoms with E-state index in [4.69, 9.17) is 11.6 Å². The van der Waals surface area contributed by atoms with Crippen LogP contribution in [0.3, 0.4) is 0 Å². The largest absolute Gasteiger partial charge is 0.504 e. The molecule has 0 bridgehead atoms. The molecule has 1 rings (SSSR count). The van der Waals surface area contributed by atoms with Gasteiger partial charge in [0.15, 0.2) is 17.3 Å². The molecule has 0 saturated heterocycles. The first-order chi connectivity index (χ1) is 7.52. The molecule has 0 aromatic heterocycles. The summed E-state index contributed by atoms with van der Waals surface area (Å²) in [7, 11) is 2.79. The maximum atomic E-state index is 13.5. The van der Waals surface area contributed by atoms with Crippen LogP contribution in [0, 0.1) is 5.82 Å². The first kappa shape index (κ1) is 12.7. The second-order valence-electron chi connectivity index (χ2n) is 3.06. The normalized spacial score (nSPS) is 10.2. The molecule has 0 aliphatic carbocycles. The third kappa shape index (κ3) is 2.25. The first-order valence-corrected chi connectivity index (χ1v) is 4.83. The molecule has 0 heterocycles. The number of halogens is 2. The summed E-state index contributed by atoms with van der Waals surface area (Å²) in [6, 6.07) is 1.18. The lowest BCUT2D eigenvalue weighted by atomic mass is 10.1. The molecule has 6 heteroatoms. The van der Waals surface area contributed by atoms with Gasteiger partial charge in [-0.1, -0.05) is 11.6 Å². The molecule has 88 valence electrons. The number of benzene rings is 1. The maximum absolute atomic E-state index is 13.5. The minimum atomic E-state index is -1.03. The van der Waals surface area contributed by atoms with Gasteiger partial charge in [0.05, 0.1) is 24.2 Å². The number of phenols is 1. The van der Waals surface area contributed by atoms with Gasteiger partial charge in [0.2, 0.25) is 5.82 Å². The molecule has 0 unspecified atom stereocenters. The van der Waals surface area contributed by atoms with Gasteiger partial charge in [-0.05, 0) is 13.1 Å². The van der Waals surface area contributed by atoms with Gasteiger partial charge < -0.3 is 15.2 Å². The summed E-state index contributed by atoms with van der Waals surface area (Å²) >= 11 is 5.70. The SMILES string of the molecule is CNCC(=O)c1cc(Cl)c(OC)c(F)c1O. The van der Waals surface area contributed by atoms with Gasteiger partial charge in [0.1, 0.15) is 0 Å². The Morgan fingerprint density at radius 2 is 2.31 bits per heavy atom. The number of hydrogen-bond acceptors (Lipinski definition) is 4. The molecule has 0 atom stereocenters. The molecule has 2 N–H and O–H groups in total. The number of carbonyl (C=O) groups is 1. The van der Waals surface area contributed by atoms with Gasteiger partial charge in [-0.2, -0.15) is 4.39 Å². The van der Waals surface area contributed by atoms with Crippen molar-refractivity contribution in [2.75, 3.05) is 20.7 Å². The fourth-order valence-corrected chi connectivity index (χ4v) is 1.52. The second-order valence-corrected chi connectivity index (χ2v) is 3.46. The highest BCUT2D eigenvalue weighted by Gasteiger charge is 2.21. The van der Waals surface area contributed by atoms with E-state index < -0.39 is 17.3 Å². The highest BCUT2D eigenvalue weighted by atomic mass is 35.5. The number of carbonyl (C=O) groups excluding carboxylic acids is 1. The molecule has 0 radical (unpaired) electrons. The molecular formula is C10H11ClFNO3. The number of hydrogen-bond donors (Lipinski definition) is 2. The van der Waals surface area contributed by atoms with Gasteiger partial charge >= 0.3 is 0 Å². The fraction of sp³-hybridized carbons (Fsp3) is 0.300. The van der Waals surface area contributed by atoms with Crippen LogP contribution in [-0.2, 0) is 0 Å². The average Bonchev–Trinajstić information content (AvgIpc) is 2.24. The number of nitrogens with one attached hydrogen (secondary N) is 1. The Labute approximate surface area is 97.0 Å². The summed E-state index contributed by atoms with van der Waals surface area (Å²) in [5.41, 5.74) is -0.169. The summed E-state index contributed by atoms with van der Waals surface area (Å²) < 4.78 is 18.1. The van der Waals surface area contributed by atoms with Gasteiger partial charge in [-0.25, -0.2) is 0 Å². The van der Waals surface area contributed by atoms with Crippen molar-refractivity contribution < 1.29 is 19.0 Å². The molecule has 0 fully saturated rings. The zero-order valence-electron chi connectivity index (χ0n) is 8.80. The summed E-state index contributed by atoms with van der Waals surface area (Å²) in [6.45, 7) is -0.0182. The third-order valence-electron chi connectivity index (χ3n) is 1.99. The van der Waals surface area contributed by atoms with Crippen molar-refractivity contribution in [2.24, 2.45) is 0 Å². The van der Waals surface area contributed by atoms with Gasteiger partial charge in [0, 0.05) is 0 Å². The summed E-state index contributed by atoms with van der Waals surface area (Å²) in [5.74, 6) is -2.51. The van der Waals surface area contributed by atoms with Gasteiger partial charge in [0.25, 0.3) is 0 Å². The summed E-state index contributed by atoms with van der Waals surface area (Å²) in [6.07, 6.45) is 0. The van der Waals surface area contributed by atoms with E-state index in [2.05, 4.69) is 10.1 Å². The number of Topliss-reactive ketones (excluding diaryl/α,β-unsaturated/α-hetero) is 1. The van der Waals surface area contributed by atoms with E-state index in [1.807, 2.05) is 0 Å². The standard InChI is InChI=1S/C10H11ClFNO3/c1-13-4-7(14)5-3-6(11)10(16-2)8(12)9(5)15/h3,13,15H,4H2,1-2H3. The topological polar surface area (TPSA) is 58.6 Å². The lowest BCUT2D eigenvalue weighted by Crippen LogP contribution is -2.19. The number of ether oxygens (including phenoxy) is 1. The molecule has 4 nitrogen and oxygen atoms in total. The van der Waals surface area contributed by atoms with Crippen molar-refractivity contribution in [3.63, 3.8) is 0 Å². The lowest BCUT2D eigenvalue weighted by molar-refractivity contribution is 0.0990. The molecule has 1 aromatic rings. The van der Waals surface area contributed by atoms with E-state index in [1.165, 1.54) is 13.2 Å². The molecule has 1 aromatic carbocycles. The van der Waals surface area contributed by atoms with Crippen LogP contribution >= 0.6 is 11.6 Å². The highest BCUT2D eigenvalue weighted by Crippen LogP contribution is 2.36. The average molecular weight is 248 g/mol. The summed E-state index contributed by atoms with van der Waals surface area (Å²) in [4.78, 5) is 11.5. The number of aromatic hydroxyl groups is 1. The molecule has 0 amide bonds. The Bertz CT molecular complexity index is 423. The Kier molecular flexibility index (Phi) is 4.09. The zero-order chi connectivity index (χ0) is 12.3. The quantitative estimate of drug-likeness (QED) is 0.794. The van der Waals surface area contributed by atoms with Crippen LogP contribution in [0.4, 0.5) is 4.39 Å². The van der Waals surface area contributed by atoms with E-state index in [0.29, 0.717) is 0 Å². The maximum Gasteiger partial charge on any atom is 0.208 e. The van der Waals surface area contributed by atoms with Crippen molar-refractivity contribution in [3.8, 4) is 11.5 Å². The molecule has 0 aliphatic rings. The molecule has 0 spiro atoms.